The van der Waals surface area contributed by atoms with Crippen molar-refractivity contribution < 1.29 is 4.42 Å². The van der Waals surface area contributed by atoms with E-state index in [4.69, 9.17) is 4.42 Å². The Morgan fingerprint density at radius 2 is 2.33 bits per heavy atom. The normalized spacial score (nSPS) is 11.7. The van der Waals surface area contributed by atoms with Gasteiger partial charge in [0.15, 0.2) is 5.96 Å². The van der Waals surface area contributed by atoms with Crippen LogP contribution < -0.4 is 10.6 Å². The molecule has 0 saturated heterocycles. The third kappa shape index (κ3) is 3.99. The molecule has 0 fully saturated rings. The molecule has 0 saturated carbocycles. The second kappa shape index (κ2) is 7.73. The first-order valence-electron chi connectivity index (χ1n) is 7.59. The summed E-state index contributed by atoms with van der Waals surface area (Å²) in [4.78, 5) is 14.2. The van der Waals surface area contributed by atoms with Gasteiger partial charge in [-0.2, -0.15) is 5.10 Å². The molecule has 24 heavy (non-hydrogen) atoms. The Balaban J connectivity index is 1.62. The average molecular weight is 345 g/mol. The quantitative estimate of drug-likeness (QED) is 0.523. The predicted octanol–water partition coefficient (Wildman–Crippen LogP) is 1.79. The van der Waals surface area contributed by atoms with Crippen LogP contribution in [-0.2, 0) is 20.1 Å². The minimum absolute atomic E-state index is 0.434. The first-order chi connectivity index (χ1) is 11.8. The highest BCUT2D eigenvalue weighted by molar-refractivity contribution is 7.13. The molecule has 0 aromatic carbocycles. The molecule has 8 nitrogen and oxygen atoms in total. The van der Waals surface area contributed by atoms with E-state index in [-0.39, 0.29) is 0 Å². The van der Waals surface area contributed by atoms with E-state index in [1.165, 1.54) is 6.33 Å². The number of thiophene rings is 1. The van der Waals surface area contributed by atoms with Crippen molar-refractivity contribution in [1.29, 1.82) is 0 Å². The molecule has 3 aromatic rings. The number of aryl methyl sites for hydroxylation is 1. The third-order valence-electron chi connectivity index (χ3n) is 3.25. The summed E-state index contributed by atoms with van der Waals surface area (Å²) in [7, 11) is 1.86. The van der Waals surface area contributed by atoms with Crippen LogP contribution in [0.2, 0.25) is 0 Å². The minimum atomic E-state index is 0.434. The Kier molecular flexibility index (Phi) is 5.22. The van der Waals surface area contributed by atoms with Gasteiger partial charge in [-0.15, -0.1) is 11.3 Å². The van der Waals surface area contributed by atoms with E-state index in [9.17, 15) is 0 Å². The van der Waals surface area contributed by atoms with Crippen LogP contribution >= 0.6 is 11.3 Å². The summed E-state index contributed by atoms with van der Waals surface area (Å²) in [5.74, 6) is 2.16. The average Bonchev–Trinajstić information content (AvgIpc) is 3.31. The van der Waals surface area contributed by atoms with E-state index >= 15 is 0 Å². The summed E-state index contributed by atoms with van der Waals surface area (Å²) in [6, 6.07) is 3.96. The Morgan fingerprint density at radius 3 is 3.04 bits per heavy atom. The summed E-state index contributed by atoms with van der Waals surface area (Å²) in [5.41, 5.74) is 0.786. The summed E-state index contributed by atoms with van der Waals surface area (Å²) in [5, 5.41) is 12.5. The van der Waals surface area contributed by atoms with Gasteiger partial charge in [0.05, 0.1) is 18.0 Å². The lowest BCUT2D eigenvalue weighted by molar-refractivity contribution is 0.574. The molecular formula is C15H19N7OS. The monoisotopic (exact) mass is 345 g/mol. The molecule has 0 aliphatic rings. The standard InChI is InChI=1S/C15H19N7OS/c1-3-16-15(18-8-13-19-10-20-22(13)2)17-7-11-9-23-14(21-11)12-5-4-6-24-12/h4-6,9-10H,3,7-8H2,1-2H3,(H2,16,17,18). The number of hydrogen-bond acceptors (Lipinski definition) is 6. The van der Waals surface area contributed by atoms with Gasteiger partial charge in [0.1, 0.15) is 24.1 Å². The third-order valence-corrected chi connectivity index (χ3v) is 4.10. The van der Waals surface area contributed by atoms with Crippen molar-refractivity contribution in [3.8, 4) is 10.8 Å². The molecular weight excluding hydrogens is 326 g/mol. The van der Waals surface area contributed by atoms with E-state index in [0.29, 0.717) is 24.9 Å². The number of hydrogen-bond donors (Lipinski definition) is 2. The predicted molar refractivity (Wildman–Crippen MR) is 92.5 cm³/mol. The molecule has 0 unspecified atom stereocenters. The van der Waals surface area contributed by atoms with E-state index < -0.39 is 0 Å². The number of nitrogens with one attached hydrogen (secondary N) is 2. The van der Waals surface area contributed by atoms with Gasteiger partial charge in [-0.3, -0.25) is 4.68 Å². The second-order valence-electron chi connectivity index (χ2n) is 4.97. The van der Waals surface area contributed by atoms with Gasteiger partial charge >= 0.3 is 0 Å². The van der Waals surface area contributed by atoms with Gasteiger partial charge < -0.3 is 15.1 Å². The Bertz CT molecular complexity index is 790. The lowest BCUT2D eigenvalue weighted by Crippen LogP contribution is -2.37. The zero-order valence-electron chi connectivity index (χ0n) is 13.6. The van der Waals surface area contributed by atoms with E-state index in [2.05, 4.69) is 30.7 Å². The molecule has 0 atom stereocenters. The highest BCUT2D eigenvalue weighted by Crippen LogP contribution is 2.23. The Hall–Kier alpha value is -2.68. The molecule has 3 heterocycles. The summed E-state index contributed by atoms with van der Waals surface area (Å²) >= 11 is 1.60. The van der Waals surface area contributed by atoms with Crippen LogP contribution in [-0.4, -0.2) is 32.3 Å². The number of rotatable bonds is 6. The van der Waals surface area contributed by atoms with E-state index in [1.807, 2.05) is 31.5 Å². The van der Waals surface area contributed by atoms with Crippen molar-refractivity contribution in [1.82, 2.24) is 30.4 Å². The van der Waals surface area contributed by atoms with Gasteiger partial charge in [0.2, 0.25) is 5.89 Å². The number of guanidine groups is 1. The fourth-order valence-electron chi connectivity index (χ4n) is 2.04. The van der Waals surface area contributed by atoms with Crippen LogP contribution in [0.3, 0.4) is 0 Å². The zero-order chi connectivity index (χ0) is 16.8. The second-order valence-corrected chi connectivity index (χ2v) is 5.92. The summed E-state index contributed by atoms with van der Waals surface area (Å²) in [6.07, 6.45) is 3.17. The Labute approximate surface area is 143 Å². The maximum atomic E-state index is 5.50. The van der Waals surface area contributed by atoms with Crippen LogP contribution in [0, 0.1) is 0 Å². The molecule has 3 aromatic heterocycles. The van der Waals surface area contributed by atoms with Gasteiger partial charge in [-0.25, -0.2) is 15.0 Å². The van der Waals surface area contributed by atoms with Crippen molar-refractivity contribution in [2.24, 2.45) is 12.0 Å². The number of aliphatic imine (C=N–C) groups is 1. The van der Waals surface area contributed by atoms with Crippen LogP contribution in [0.25, 0.3) is 10.8 Å². The smallest absolute Gasteiger partial charge is 0.236 e. The lowest BCUT2D eigenvalue weighted by atomic mass is 10.4. The molecule has 2 N–H and O–H groups in total. The lowest BCUT2D eigenvalue weighted by Gasteiger charge is -2.10. The molecule has 0 amide bonds. The van der Waals surface area contributed by atoms with Crippen LogP contribution in [0.1, 0.15) is 18.4 Å². The maximum absolute atomic E-state index is 5.50. The van der Waals surface area contributed by atoms with Gasteiger partial charge in [-0.1, -0.05) is 6.07 Å². The van der Waals surface area contributed by atoms with Crippen molar-refractivity contribution in [2.75, 3.05) is 6.54 Å². The number of oxazole rings is 1. The van der Waals surface area contributed by atoms with Crippen LogP contribution in [0.15, 0.2) is 39.5 Å². The molecule has 0 bridgehead atoms. The molecule has 9 heteroatoms. The van der Waals surface area contributed by atoms with Crippen molar-refractivity contribution in [2.45, 2.75) is 20.0 Å². The van der Waals surface area contributed by atoms with Crippen molar-refractivity contribution in [3.05, 3.63) is 41.6 Å². The molecule has 126 valence electrons. The molecule has 3 rings (SSSR count). The summed E-state index contributed by atoms with van der Waals surface area (Å²) in [6.45, 7) is 3.76. The molecule has 0 aliphatic carbocycles. The largest absolute Gasteiger partial charge is 0.443 e. The Morgan fingerprint density at radius 1 is 1.42 bits per heavy atom. The van der Waals surface area contributed by atoms with Crippen molar-refractivity contribution >= 4 is 17.3 Å². The zero-order valence-corrected chi connectivity index (χ0v) is 14.4. The fraction of sp³-hybridized carbons (Fsp3) is 0.333. The highest BCUT2D eigenvalue weighted by atomic mass is 32.1. The topological polar surface area (TPSA) is 93.2 Å². The minimum Gasteiger partial charge on any atom is -0.443 e. The maximum Gasteiger partial charge on any atom is 0.236 e. The van der Waals surface area contributed by atoms with Crippen LogP contribution in [0.4, 0.5) is 0 Å². The van der Waals surface area contributed by atoms with Gasteiger partial charge in [0, 0.05) is 13.6 Å². The fourth-order valence-corrected chi connectivity index (χ4v) is 2.69. The SMILES string of the molecule is CCNC(=NCc1coc(-c2cccs2)n1)NCc1ncnn1C. The van der Waals surface area contributed by atoms with E-state index in [0.717, 1.165) is 22.9 Å². The van der Waals surface area contributed by atoms with E-state index in [1.54, 1.807) is 22.3 Å². The number of nitrogens with zero attached hydrogens (tertiary/aromatic N) is 5. The number of aromatic nitrogens is 4. The first-order valence-corrected chi connectivity index (χ1v) is 8.47. The molecule has 0 spiro atoms. The molecule has 0 radical (unpaired) electrons. The molecule has 0 aliphatic heterocycles. The van der Waals surface area contributed by atoms with Gasteiger partial charge in [-0.05, 0) is 18.4 Å². The highest BCUT2D eigenvalue weighted by Gasteiger charge is 2.08. The van der Waals surface area contributed by atoms with Crippen molar-refractivity contribution in [3.63, 3.8) is 0 Å². The van der Waals surface area contributed by atoms with Crippen LogP contribution in [0.5, 0.6) is 0 Å². The summed E-state index contributed by atoms with van der Waals surface area (Å²) < 4.78 is 7.23. The van der Waals surface area contributed by atoms with Gasteiger partial charge in [0.25, 0.3) is 0 Å². The first kappa shape index (κ1) is 16.2.